The maximum absolute atomic E-state index is 2.06. The van der Waals surface area contributed by atoms with Gasteiger partial charge in [-0.05, 0) is 0 Å². The fourth-order valence-corrected chi connectivity index (χ4v) is 0. The molecule has 0 N–H and O–H groups in total. The molecule has 0 unspecified atom stereocenters. The van der Waals surface area contributed by atoms with Crippen molar-refractivity contribution in [2.75, 3.05) is 0 Å². The van der Waals surface area contributed by atoms with Crippen molar-refractivity contribution in [3.8, 4) is 0 Å². The molecule has 0 bridgehead atoms. The first-order valence-electron chi connectivity index (χ1n) is 0.378. The Morgan fingerprint density at radius 2 is 1.14 bits per heavy atom. The normalized spacial score (nSPS) is 0.714. The summed E-state index contributed by atoms with van der Waals surface area (Å²) in [6.07, 6.45) is 2.06. The SMILES string of the molecule is [BH2][Re].[Co].[Cr].[Hf].[Nd].[Pt]. The third-order valence-corrected chi connectivity index (χ3v) is 0. The van der Waals surface area contributed by atoms with E-state index in [0.717, 1.165) is 0 Å². The molecule has 0 saturated carbocycles. The minimum absolute atomic E-state index is 0. The van der Waals surface area contributed by atoms with E-state index in [1.165, 1.54) is 0 Å². The van der Waals surface area contributed by atoms with Gasteiger partial charge in [0, 0.05) is 122 Å². The van der Waals surface area contributed by atoms with Gasteiger partial charge in [-0.1, -0.05) is 0 Å². The van der Waals surface area contributed by atoms with Crippen LogP contribution in [0.2, 0.25) is 0 Å². The Kier molecular flexibility index (Phi) is 270. The first kappa shape index (κ1) is 41.3. The predicted octanol–water partition coefficient (Wildman–Crippen LogP) is -0.929. The van der Waals surface area contributed by atoms with Crippen LogP contribution in [0.25, 0.3) is 0 Å². The van der Waals surface area contributed by atoms with Gasteiger partial charge in [0.25, 0.3) is 0 Å². The minimum Gasteiger partial charge on any atom is 0 e. The Labute approximate surface area is 143 Å². The van der Waals surface area contributed by atoms with Crippen molar-refractivity contribution in [1.29, 1.82) is 0 Å². The van der Waals surface area contributed by atoms with E-state index in [1.807, 2.05) is 0 Å². The molecule has 0 aliphatic heterocycles. The van der Waals surface area contributed by atoms with Crippen LogP contribution >= 0.6 is 0 Å². The summed E-state index contributed by atoms with van der Waals surface area (Å²) in [4.78, 5) is 0. The van der Waals surface area contributed by atoms with Crippen LogP contribution < -0.4 is 0 Å². The summed E-state index contributed by atoms with van der Waals surface area (Å²) in [6, 6.07) is 0. The fraction of sp³-hybridized carbons (Fsp3) is 0. The zero-order chi connectivity index (χ0) is 2.00. The van der Waals surface area contributed by atoms with Gasteiger partial charge in [0.05, 0.1) is 0 Å². The second-order valence-electron chi connectivity index (χ2n) is 0. The van der Waals surface area contributed by atoms with Gasteiger partial charge in [-0.2, -0.15) is 0 Å². The maximum Gasteiger partial charge on any atom is 0 e. The molecular formula is H2BCoCrHfNdPtRe. The first-order chi connectivity index (χ1) is 1.00. The van der Waals surface area contributed by atoms with Crippen LogP contribution in [0.1, 0.15) is 0 Å². The molecule has 0 atom stereocenters. The van der Waals surface area contributed by atoms with Gasteiger partial charge in [0.15, 0.2) is 0 Å². The van der Waals surface area contributed by atoms with E-state index in [9.17, 15) is 0 Å². The van der Waals surface area contributed by atoms with E-state index in [-0.39, 0.29) is 122 Å². The molecule has 0 fully saturated rings. The molecule has 45 valence electrons. The Morgan fingerprint density at radius 3 is 1.14 bits per heavy atom. The monoisotopic (exact) mass is 828 g/mol. The van der Waals surface area contributed by atoms with Gasteiger partial charge in [-0.25, -0.2) is 0 Å². The Balaban J connectivity index is -0.000000000500. The Morgan fingerprint density at radius 1 is 1.14 bits per heavy atom. The van der Waals surface area contributed by atoms with Gasteiger partial charge < -0.3 is 0 Å². The zero-order valence-corrected chi connectivity index (χ0v) is 17.5. The standard InChI is InChI=1S/BH2.Co.Cr.Hf.Nd.Pt.Re/h1H2;;;;;;/q+1;;;;;;-1. The van der Waals surface area contributed by atoms with Gasteiger partial charge in [0.1, 0.15) is 0 Å². The molecule has 0 saturated heterocycles. The van der Waals surface area contributed by atoms with Crippen LogP contribution in [0.15, 0.2) is 0 Å². The molecule has 0 amide bonds. The van der Waals surface area contributed by atoms with E-state index in [1.54, 1.807) is 19.0 Å². The molecule has 0 aliphatic rings. The molecule has 0 nitrogen and oxygen atoms in total. The van der Waals surface area contributed by atoms with Crippen molar-refractivity contribution in [2.24, 2.45) is 0 Å². The van der Waals surface area contributed by atoms with Crippen molar-refractivity contribution >= 4 is 6.20 Å². The summed E-state index contributed by atoms with van der Waals surface area (Å²) in [5.74, 6) is 0. The molecule has 0 aliphatic carbocycles. The van der Waals surface area contributed by atoms with E-state index in [2.05, 4.69) is 6.20 Å². The second kappa shape index (κ2) is 45.7. The fourth-order valence-electron chi connectivity index (χ4n) is 0. The molecule has 0 rings (SSSR count). The van der Waals surface area contributed by atoms with E-state index < -0.39 is 0 Å². The topological polar surface area (TPSA) is 0 Å². The zero-order valence-electron chi connectivity index (χ0n) is 3.44. The van der Waals surface area contributed by atoms with Crippen molar-refractivity contribution < 1.29 is 141 Å². The second-order valence-corrected chi connectivity index (χ2v) is 0. The summed E-state index contributed by atoms with van der Waals surface area (Å²) >= 11 is 1.72. The van der Waals surface area contributed by atoms with Crippen LogP contribution in [0, 0.1) is 40.8 Å². The quantitative estimate of drug-likeness (QED) is 0.278. The van der Waals surface area contributed by atoms with Gasteiger partial charge in [0.2, 0.25) is 0 Å². The Hall–Kier alpha value is 4.68. The van der Waals surface area contributed by atoms with E-state index in [4.69, 9.17) is 0 Å². The predicted molar refractivity (Wildman–Crippen MR) is 8.54 cm³/mol. The third kappa shape index (κ3) is 36.8. The van der Waals surface area contributed by atoms with Gasteiger partial charge in [-0.3, -0.25) is 0 Å². The van der Waals surface area contributed by atoms with Crippen LogP contribution in [0.3, 0.4) is 0 Å². The average Bonchev–Trinajstić information content (AvgIpc) is 1.00. The van der Waals surface area contributed by atoms with Crippen molar-refractivity contribution in [3.05, 3.63) is 0 Å². The summed E-state index contributed by atoms with van der Waals surface area (Å²) in [5.41, 5.74) is 0. The van der Waals surface area contributed by atoms with Crippen molar-refractivity contribution in [1.82, 2.24) is 0 Å². The molecule has 0 aromatic carbocycles. The Bertz CT molecular complexity index is 19.7. The smallest absolute Gasteiger partial charge is 0 e. The molecule has 7 heteroatoms. The van der Waals surface area contributed by atoms with Crippen LogP contribution in [-0.4, -0.2) is 6.20 Å². The first-order valence-corrected chi connectivity index (χ1v) is 3.09. The van der Waals surface area contributed by atoms with Gasteiger partial charge in [-0.15, -0.1) is 0 Å². The van der Waals surface area contributed by atoms with Crippen LogP contribution in [0.5, 0.6) is 0 Å². The summed E-state index contributed by atoms with van der Waals surface area (Å²) in [6.45, 7) is 0. The van der Waals surface area contributed by atoms with Crippen LogP contribution in [-0.2, 0) is 100 Å². The number of rotatable bonds is 0. The molecule has 1 radical (unpaired) electrons. The maximum atomic E-state index is 2.06. The summed E-state index contributed by atoms with van der Waals surface area (Å²) in [5, 5.41) is 0. The number of hydrogen-bond donors (Lipinski definition) is 0. The van der Waals surface area contributed by atoms with Crippen LogP contribution in [0.4, 0.5) is 0 Å². The third-order valence-electron chi connectivity index (χ3n) is 0. The summed E-state index contributed by atoms with van der Waals surface area (Å²) < 4.78 is 0. The minimum atomic E-state index is 0. The molecule has 0 aromatic rings. The van der Waals surface area contributed by atoms with Crippen molar-refractivity contribution in [2.45, 2.75) is 0 Å². The number of hydrogen-bond acceptors (Lipinski definition) is 0. The molecule has 7 heavy (non-hydrogen) atoms. The summed E-state index contributed by atoms with van der Waals surface area (Å²) in [7, 11) is 0. The van der Waals surface area contributed by atoms with Gasteiger partial charge >= 0.3 is 25.2 Å². The average molecular weight is 828 g/mol. The molecular weight excluding hydrogens is 826 g/mol. The molecule has 0 heterocycles. The van der Waals surface area contributed by atoms with E-state index in [0.29, 0.717) is 0 Å². The molecule has 0 spiro atoms. The molecule has 0 aromatic heterocycles. The van der Waals surface area contributed by atoms with Crippen molar-refractivity contribution in [3.63, 3.8) is 0 Å². The largest absolute Gasteiger partial charge is 0 e. The van der Waals surface area contributed by atoms with E-state index >= 15 is 0 Å².